The second kappa shape index (κ2) is 6.25. The second-order valence-electron chi connectivity index (χ2n) is 7.25. The highest BCUT2D eigenvalue weighted by atomic mass is 14.4. The summed E-state index contributed by atoms with van der Waals surface area (Å²) in [7, 11) is 0. The van der Waals surface area contributed by atoms with Gasteiger partial charge in [-0.25, -0.2) is 0 Å². The van der Waals surface area contributed by atoms with E-state index in [0.717, 1.165) is 23.7 Å². The Morgan fingerprint density at radius 3 is 2.18 bits per heavy atom. The fourth-order valence-corrected chi connectivity index (χ4v) is 4.01. The van der Waals surface area contributed by atoms with E-state index in [1.54, 1.807) is 0 Å². The Bertz CT molecular complexity index is 216. The molecule has 0 saturated heterocycles. The fourth-order valence-electron chi connectivity index (χ4n) is 4.01. The lowest BCUT2D eigenvalue weighted by Crippen LogP contribution is -2.34. The summed E-state index contributed by atoms with van der Waals surface area (Å²) in [6, 6.07) is 0. The molecule has 0 nitrogen and oxygen atoms in total. The van der Waals surface area contributed by atoms with Gasteiger partial charge in [-0.05, 0) is 41.9 Å². The SMILES string of the molecule is CCCC1CC(C)(C)C(C)C(C)CCC1CC. The lowest BCUT2D eigenvalue weighted by atomic mass is 9.62. The molecular formula is C17H34. The van der Waals surface area contributed by atoms with Gasteiger partial charge in [0.15, 0.2) is 0 Å². The Labute approximate surface area is 110 Å². The Hall–Kier alpha value is 0. The largest absolute Gasteiger partial charge is 0.0654 e. The van der Waals surface area contributed by atoms with Crippen molar-refractivity contribution in [2.45, 2.75) is 80.1 Å². The van der Waals surface area contributed by atoms with E-state index in [9.17, 15) is 0 Å². The summed E-state index contributed by atoms with van der Waals surface area (Å²) in [6.07, 6.45) is 8.57. The van der Waals surface area contributed by atoms with Crippen LogP contribution in [-0.4, -0.2) is 0 Å². The van der Waals surface area contributed by atoms with Gasteiger partial charge in [0.2, 0.25) is 0 Å². The van der Waals surface area contributed by atoms with E-state index in [2.05, 4.69) is 41.5 Å². The molecule has 0 aromatic heterocycles. The molecule has 0 heteroatoms. The van der Waals surface area contributed by atoms with Crippen molar-refractivity contribution >= 4 is 0 Å². The van der Waals surface area contributed by atoms with Crippen LogP contribution in [0.2, 0.25) is 0 Å². The molecular weight excluding hydrogens is 204 g/mol. The maximum atomic E-state index is 2.51. The van der Waals surface area contributed by atoms with E-state index in [-0.39, 0.29) is 0 Å². The maximum absolute atomic E-state index is 2.51. The van der Waals surface area contributed by atoms with Gasteiger partial charge in [-0.15, -0.1) is 0 Å². The number of hydrogen-bond donors (Lipinski definition) is 0. The van der Waals surface area contributed by atoms with E-state index >= 15 is 0 Å². The molecule has 4 atom stereocenters. The third-order valence-electron chi connectivity index (χ3n) is 5.72. The molecule has 0 aliphatic heterocycles. The summed E-state index contributed by atoms with van der Waals surface area (Å²) in [5.74, 6) is 3.75. The number of hydrogen-bond acceptors (Lipinski definition) is 0. The molecule has 0 N–H and O–H groups in total. The van der Waals surface area contributed by atoms with Crippen molar-refractivity contribution in [2.75, 3.05) is 0 Å². The molecule has 4 unspecified atom stereocenters. The average molecular weight is 238 g/mol. The first-order valence-electron chi connectivity index (χ1n) is 7.92. The summed E-state index contributed by atoms with van der Waals surface area (Å²) in [5.41, 5.74) is 0.535. The molecule has 1 rings (SSSR count). The van der Waals surface area contributed by atoms with Gasteiger partial charge in [0.25, 0.3) is 0 Å². The monoisotopic (exact) mass is 238 g/mol. The molecule has 102 valence electrons. The molecule has 17 heavy (non-hydrogen) atoms. The van der Waals surface area contributed by atoms with Crippen LogP contribution in [0.25, 0.3) is 0 Å². The first kappa shape index (κ1) is 15.1. The highest BCUT2D eigenvalue weighted by Crippen LogP contribution is 2.46. The molecule has 1 saturated carbocycles. The van der Waals surface area contributed by atoms with Crippen molar-refractivity contribution in [3.8, 4) is 0 Å². The van der Waals surface area contributed by atoms with Crippen LogP contribution < -0.4 is 0 Å². The molecule has 1 fully saturated rings. The van der Waals surface area contributed by atoms with Crippen molar-refractivity contribution in [3.63, 3.8) is 0 Å². The molecule has 0 aromatic rings. The zero-order valence-electron chi connectivity index (χ0n) is 13.1. The van der Waals surface area contributed by atoms with E-state index in [4.69, 9.17) is 0 Å². The van der Waals surface area contributed by atoms with Crippen LogP contribution in [0.4, 0.5) is 0 Å². The van der Waals surface area contributed by atoms with Gasteiger partial charge in [0, 0.05) is 0 Å². The normalized spacial score (nSPS) is 38.5. The van der Waals surface area contributed by atoms with E-state index < -0.39 is 0 Å². The summed E-state index contributed by atoms with van der Waals surface area (Å²) < 4.78 is 0. The minimum atomic E-state index is 0.535. The van der Waals surface area contributed by atoms with Crippen LogP contribution in [0.3, 0.4) is 0 Å². The van der Waals surface area contributed by atoms with Crippen molar-refractivity contribution in [1.82, 2.24) is 0 Å². The maximum Gasteiger partial charge on any atom is -0.0323 e. The van der Waals surface area contributed by atoms with Gasteiger partial charge in [0.05, 0.1) is 0 Å². The summed E-state index contributed by atoms with van der Waals surface area (Å²) in [4.78, 5) is 0. The molecule has 0 spiro atoms. The van der Waals surface area contributed by atoms with Crippen LogP contribution in [-0.2, 0) is 0 Å². The molecule has 1 aliphatic rings. The van der Waals surface area contributed by atoms with E-state index in [1.807, 2.05) is 0 Å². The van der Waals surface area contributed by atoms with Gasteiger partial charge >= 0.3 is 0 Å². The lowest BCUT2D eigenvalue weighted by molar-refractivity contribution is 0.0661. The third-order valence-corrected chi connectivity index (χ3v) is 5.72. The van der Waals surface area contributed by atoms with E-state index in [1.165, 1.54) is 38.5 Å². The first-order valence-corrected chi connectivity index (χ1v) is 7.92. The number of rotatable bonds is 3. The molecule has 0 radical (unpaired) electrons. The van der Waals surface area contributed by atoms with Gasteiger partial charge < -0.3 is 0 Å². The second-order valence-corrected chi connectivity index (χ2v) is 7.25. The Kier molecular flexibility index (Phi) is 5.54. The topological polar surface area (TPSA) is 0 Å². The molecule has 0 aromatic carbocycles. The quantitative estimate of drug-likeness (QED) is 0.573. The van der Waals surface area contributed by atoms with Gasteiger partial charge in [-0.2, -0.15) is 0 Å². The van der Waals surface area contributed by atoms with Gasteiger partial charge in [-0.1, -0.05) is 67.2 Å². The van der Waals surface area contributed by atoms with Crippen LogP contribution >= 0.6 is 0 Å². The molecule has 0 heterocycles. The summed E-state index contributed by atoms with van der Waals surface area (Å²) in [5, 5.41) is 0. The van der Waals surface area contributed by atoms with Crippen molar-refractivity contribution in [3.05, 3.63) is 0 Å². The smallest absolute Gasteiger partial charge is 0.0323 e. The van der Waals surface area contributed by atoms with Crippen LogP contribution in [0.15, 0.2) is 0 Å². The zero-order valence-corrected chi connectivity index (χ0v) is 13.1. The van der Waals surface area contributed by atoms with E-state index in [0.29, 0.717) is 5.41 Å². The first-order chi connectivity index (χ1) is 7.92. The molecule has 1 aliphatic carbocycles. The highest BCUT2D eigenvalue weighted by Gasteiger charge is 2.36. The standard InChI is InChI=1S/C17H34/c1-7-9-16-12-17(5,6)14(4)13(3)10-11-15(16)8-2/h13-16H,7-12H2,1-6H3. The fraction of sp³-hybridized carbons (Fsp3) is 1.00. The Balaban J connectivity index is 2.82. The van der Waals surface area contributed by atoms with Crippen molar-refractivity contribution in [2.24, 2.45) is 29.1 Å². The van der Waals surface area contributed by atoms with Gasteiger partial charge in [-0.3, -0.25) is 0 Å². The van der Waals surface area contributed by atoms with Crippen LogP contribution in [0.1, 0.15) is 80.1 Å². The summed E-state index contributed by atoms with van der Waals surface area (Å²) >= 11 is 0. The van der Waals surface area contributed by atoms with Gasteiger partial charge in [0.1, 0.15) is 0 Å². The van der Waals surface area contributed by atoms with Crippen molar-refractivity contribution < 1.29 is 0 Å². The molecule has 0 bridgehead atoms. The third kappa shape index (κ3) is 3.73. The summed E-state index contributed by atoms with van der Waals surface area (Å²) in [6.45, 7) is 14.7. The Morgan fingerprint density at radius 1 is 1.00 bits per heavy atom. The molecule has 0 amide bonds. The zero-order chi connectivity index (χ0) is 13.1. The van der Waals surface area contributed by atoms with Crippen molar-refractivity contribution in [1.29, 1.82) is 0 Å². The predicted octanol–water partition coefficient (Wildman–Crippen LogP) is 5.91. The minimum Gasteiger partial charge on any atom is -0.0654 e. The minimum absolute atomic E-state index is 0.535. The van der Waals surface area contributed by atoms with Crippen LogP contribution in [0.5, 0.6) is 0 Å². The Morgan fingerprint density at radius 2 is 1.65 bits per heavy atom. The predicted molar refractivity (Wildman–Crippen MR) is 78.1 cm³/mol. The average Bonchev–Trinajstić information content (AvgIpc) is 2.27. The highest BCUT2D eigenvalue weighted by molar-refractivity contribution is 4.86. The van der Waals surface area contributed by atoms with Crippen LogP contribution in [0, 0.1) is 29.1 Å². The lowest BCUT2D eigenvalue weighted by Gasteiger charge is -2.43.